The van der Waals surface area contributed by atoms with Crippen LogP contribution in [-0.2, 0) is 4.74 Å². The van der Waals surface area contributed by atoms with Crippen LogP contribution >= 0.6 is 0 Å². The normalized spacial score (nSPS) is 30.2. The van der Waals surface area contributed by atoms with Crippen LogP contribution in [0.4, 0.5) is 0 Å². The summed E-state index contributed by atoms with van der Waals surface area (Å²) in [5, 5.41) is 0. The zero-order chi connectivity index (χ0) is 13.4. The van der Waals surface area contributed by atoms with Gasteiger partial charge in [-0.25, -0.2) is 0 Å². The zero-order valence-electron chi connectivity index (χ0n) is 11.6. The van der Waals surface area contributed by atoms with Gasteiger partial charge in [0.2, 0.25) is 0 Å². The van der Waals surface area contributed by atoms with Crippen LogP contribution in [0.1, 0.15) is 35.7 Å². The molecule has 2 aliphatic rings. The monoisotopic (exact) mass is 259 g/mol. The molecule has 19 heavy (non-hydrogen) atoms. The average molecular weight is 259 g/mol. The molecule has 0 bridgehead atoms. The van der Waals surface area contributed by atoms with Crippen molar-refractivity contribution in [2.75, 3.05) is 13.1 Å². The third-order valence-electron chi connectivity index (χ3n) is 4.40. The summed E-state index contributed by atoms with van der Waals surface area (Å²) in [6, 6.07) is 7.82. The Balaban J connectivity index is 1.74. The Kier molecular flexibility index (Phi) is 3.31. The van der Waals surface area contributed by atoms with Gasteiger partial charge in [-0.15, -0.1) is 0 Å². The Morgan fingerprint density at radius 1 is 1.37 bits per heavy atom. The van der Waals surface area contributed by atoms with Crippen LogP contribution in [0.3, 0.4) is 0 Å². The summed E-state index contributed by atoms with van der Waals surface area (Å²) in [4.78, 5) is 14.5. The molecule has 3 rings (SSSR count). The highest BCUT2D eigenvalue weighted by molar-refractivity contribution is 5.95. The number of fused-ring (bicyclic) bond motifs is 1. The van der Waals surface area contributed by atoms with Gasteiger partial charge < -0.3 is 9.64 Å². The first-order chi connectivity index (χ1) is 9.15. The number of piperidine rings is 1. The first kappa shape index (κ1) is 12.7. The summed E-state index contributed by atoms with van der Waals surface area (Å²) in [6.07, 6.45) is 2.82. The number of rotatable bonds is 1. The highest BCUT2D eigenvalue weighted by atomic mass is 16.5. The molecule has 2 fully saturated rings. The number of ether oxygens (including phenoxy) is 1. The van der Waals surface area contributed by atoms with E-state index in [1.54, 1.807) is 0 Å². The van der Waals surface area contributed by atoms with Gasteiger partial charge in [0.1, 0.15) is 0 Å². The molecule has 2 heterocycles. The highest BCUT2D eigenvalue weighted by Crippen LogP contribution is 2.33. The van der Waals surface area contributed by atoms with E-state index in [1.165, 1.54) is 0 Å². The maximum absolute atomic E-state index is 12.6. The second kappa shape index (κ2) is 4.97. The van der Waals surface area contributed by atoms with Gasteiger partial charge in [-0.3, -0.25) is 4.79 Å². The van der Waals surface area contributed by atoms with Crippen LogP contribution in [-0.4, -0.2) is 36.1 Å². The smallest absolute Gasteiger partial charge is 0.254 e. The molecule has 2 aliphatic heterocycles. The first-order valence-corrected chi connectivity index (χ1v) is 7.15. The standard InChI is InChI=1S/C16H21NO2/c1-11-5-3-4-6-14(11)16(18)17-8-7-13-9-12(2)19-15(13)10-17/h3-6,12-13,15H,7-10H2,1-2H3/t12-,13-,15+/m1/s1. The minimum Gasteiger partial charge on any atom is -0.373 e. The molecule has 0 radical (unpaired) electrons. The van der Waals surface area contributed by atoms with Crippen molar-refractivity contribution < 1.29 is 9.53 Å². The molecule has 0 aliphatic carbocycles. The van der Waals surface area contributed by atoms with Gasteiger partial charge in [0.05, 0.1) is 12.2 Å². The number of benzene rings is 1. The third kappa shape index (κ3) is 2.39. The summed E-state index contributed by atoms with van der Waals surface area (Å²) < 4.78 is 5.92. The molecule has 1 aromatic carbocycles. The Hall–Kier alpha value is -1.35. The second-order valence-corrected chi connectivity index (χ2v) is 5.84. The third-order valence-corrected chi connectivity index (χ3v) is 4.40. The summed E-state index contributed by atoms with van der Waals surface area (Å²) in [5.41, 5.74) is 1.88. The van der Waals surface area contributed by atoms with Gasteiger partial charge in [-0.05, 0) is 44.2 Å². The lowest BCUT2D eigenvalue weighted by Crippen LogP contribution is -2.45. The van der Waals surface area contributed by atoms with Crippen molar-refractivity contribution in [3.05, 3.63) is 35.4 Å². The van der Waals surface area contributed by atoms with Crippen LogP contribution < -0.4 is 0 Å². The number of carbonyl (C=O) groups is 1. The molecule has 0 N–H and O–H groups in total. The van der Waals surface area contributed by atoms with E-state index in [0.29, 0.717) is 12.0 Å². The van der Waals surface area contributed by atoms with E-state index in [2.05, 4.69) is 6.92 Å². The maximum atomic E-state index is 12.6. The van der Waals surface area contributed by atoms with E-state index in [-0.39, 0.29) is 12.0 Å². The van der Waals surface area contributed by atoms with Crippen LogP contribution in [0.5, 0.6) is 0 Å². The predicted molar refractivity (Wildman–Crippen MR) is 74.1 cm³/mol. The summed E-state index contributed by atoms with van der Waals surface area (Å²) in [6.45, 7) is 5.74. The van der Waals surface area contributed by atoms with E-state index < -0.39 is 0 Å². The SMILES string of the molecule is Cc1ccccc1C(=O)N1CC[C@@H]2C[C@@H](C)O[C@H]2C1. The van der Waals surface area contributed by atoms with Crippen LogP contribution in [0.2, 0.25) is 0 Å². The van der Waals surface area contributed by atoms with E-state index in [1.807, 2.05) is 36.1 Å². The molecule has 2 saturated heterocycles. The first-order valence-electron chi connectivity index (χ1n) is 7.15. The van der Waals surface area contributed by atoms with E-state index in [9.17, 15) is 4.79 Å². The number of hydrogen-bond donors (Lipinski definition) is 0. The van der Waals surface area contributed by atoms with Crippen molar-refractivity contribution in [3.63, 3.8) is 0 Å². The van der Waals surface area contributed by atoms with Gasteiger partial charge in [-0.1, -0.05) is 18.2 Å². The average Bonchev–Trinajstić information content (AvgIpc) is 2.77. The maximum Gasteiger partial charge on any atom is 0.254 e. The summed E-state index contributed by atoms with van der Waals surface area (Å²) in [5.74, 6) is 0.802. The Bertz CT molecular complexity index is 485. The molecule has 1 amide bonds. The minimum atomic E-state index is 0.153. The fourth-order valence-electron chi connectivity index (χ4n) is 3.34. The number of aryl methyl sites for hydroxylation is 1. The van der Waals surface area contributed by atoms with Crippen molar-refractivity contribution >= 4 is 5.91 Å². The van der Waals surface area contributed by atoms with Gasteiger partial charge >= 0.3 is 0 Å². The fourth-order valence-corrected chi connectivity index (χ4v) is 3.34. The highest BCUT2D eigenvalue weighted by Gasteiger charge is 2.38. The Morgan fingerprint density at radius 3 is 2.95 bits per heavy atom. The molecule has 0 unspecified atom stereocenters. The quantitative estimate of drug-likeness (QED) is 0.776. The molecule has 0 aromatic heterocycles. The van der Waals surface area contributed by atoms with E-state index in [4.69, 9.17) is 4.74 Å². The molecular formula is C16H21NO2. The van der Waals surface area contributed by atoms with E-state index >= 15 is 0 Å². The van der Waals surface area contributed by atoms with Gasteiger partial charge in [0.25, 0.3) is 5.91 Å². The molecule has 1 aromatic rings. The molecule has 3 atom stereocenters. The topological polar surface area (TPSA) is 29.5 Å². The van der Waals surface area contributed by atoms with Crippen LogP contribution in [0, 0.1) is 12.8 Å². The van der Waals surface area contributed by atoms with Crippen molar-refractivity contribution in [2.45, 2.75) is 38.9 Å². The van der Waals surface area contributed by atoms with Crippen LogP contribution in [0.15, 0.2) is 24.3 Å². The van der Waals surface area contributed by atoms with Crippen molar-refractivity contribution in [2.24, 2.45) is 5.92 Å². The van der Waals surface area contributed by atoms with Crippen molar-refractivity contribution in [1.29, 1.82) is 0 Å². The molecule has 0 spiro atoms. The molecule has 3 heteroatoms. The molecular weight excluding hydrogens is 238 g/mol. The molecule has 0 saturated carbocycles. The summed E-state index contributed by atoms with van der Waals surface area (Å²) >= 11 is 0. The Morgan fingerprint density at radius 2 is 2.16 bits per heavy atom. The number of hydrogen-bond acceptors (Lipinski definition) is 2. The lowest BCUT2D eigenvalue weighted by molar-refractivity contribution is 0.00154. The summed E-state index contributed by atoms with van der Waals surface area (Å²) in [7, 11) is 0. The number of nitrogens with zero attached hydrogens (tertiary/aromatic N) is 1. The number of likely N-dealkylation sites (tertiary alicyclic amines) is 1. The second-order valence-electron chi connectivity index (χ2n) is 5.84. The van der Waals surface area contributed by atoms with Crippen molar-refractivity contribution in [1.82, 2.24) is 4.90 Å². The number of amides is 1. The molecule has 3 nitrogen and oxygen atoms in total. The zero-order valence-corrected chi connectivity index (χ0v) is 11.6. The lowest BCUT2D eigenvalue weighted by Gasteiger charge is -2.34. The lowest BCUT2D eigenvalue weighted by atomic mass is 9.91. The van der Waals surface area contributed by atoms with Gasteiger partial charge in [0.15, 0.2) is 0 Å². The van der Waals surface area contributed by atoms with E-state index in [0.717, 1.165) is 37.1 Å². The Labute approximate surface area is 114 Å². The predicted octanol–water partition coefficient (Wildman–Crippen LogP) is 2.63. The largest absolute Gasteiger partial charge is 0.373 e. The van der Waals surface area contributed by atoms with Gasteiger partial charge in [0, 0.05) is 18.7 Å². The number of carbonyl (C=O) groups excluding carboxylic acids is 1. The fraction of sp³-hybridized carbons (Fsp3) is 0.562. The van der Waals surface area contributed by atoms with Crippen LogP contribution in [0.25, 0.3) is 0 Å². The minimum absolute atomic E-state index is 0.153. The van der Waals surface area contributed by atoms with Crippen molar-refractivity contribution in [3.8, 4) is 0 Å². The molecule has 102 valence electrons. The van der Waals surface area contributed by atoms with Gasteiger partial charge in [-0.2, -0.15) is 0 Å².